The van der Waals surface area contributed by atoms with E-state index >= 15 is 0 Å². The first kappa shape index (κ1) is 15.0. The van der Waals surface area contributed by atoms with Crippen molar-refractivity contribution in [3.05, 3.63) is 23.8 Å². The van der Waals surface area contributed by atoms with Crippen LogP contribution in [0.4, 0.5) is 0 Å². The second-order valence-corrected chi connectivity index (χ2v) is 4.79. The smallest absolute Gasteiger partial charge is 0.0712 e. The molecule has 1 atom stereocenters. The monoisotopic (exact) mass is 219 g/mol. The Balaban J connectivity index is 3.95. The average molecular weight is 219 g/mol. The van der Waals surface area contributed by atoms with Crippen LogP contribution in [-0.2, 0) is 0 Å². The van der Waals surface area contributed by atoms with Crippen LogP contribution in [0.3, 0.4) is 0 Å². The fourth-order valence-corrected chi connectivity index (χ4v) is 1.16. The second-order valence-electron chi connectivity index (χ2n) is 4.79. The summed E-state index contributed by atoms with van der Waals surface area (Å²) in [7, 11) is 0. The first-order valence-electron chi connectivity index (χ1n) is 6.01. The van der Waals surface area contributed by atoms with E-state index in [0.717, 1.165) is 6.54 Å². The van der Waals surface area contributed by atoms with Crippen LogP contribution >= 0.6 is 0 Å². The molecule has 0 spiro atoms. The van der Waals surface area contributed by atoms with Gasteiger partial charge in [0, 0.05) is 6.54 Å². The Morgan fingerprint density at radius 2 is 1.94 bits per heavy atom. The Kier molecular flexibility index (Phi) is 7.68. The largest absolute Gasteiger partial charge is 0.300 e. The van der Waals surface area contributed by atoms with Gasteiger partial charge in [0.1, 0.15) is 0 Å². The minimum absolute atomic E-state index is 0.167. The Morgan fingerprint density at radius 3 is 2.38 bits per heavy atom. The van der Waals surface area contributed by atoms with Crippen molar-refractivity contribution >= 4 is 0 Å². The van der Waals surface area contributed by atoms with Crippen LogP contribution in [0.2, 0.25) is 0 Å². The standard InChI is InChI=1S/C15H25N/c1-7-15(13(4)5)16-11-9-8-10-14(6)12(2)3/h1,8-10,12-13,15-16H,11H2,2-6H3/b9-8-,14-10+. The number of terminal acetylenes is 1. The van der Waals surface area contributed by atoms with E-state index in [1.807, 2.05) is 0 Å². The molecule has 0 bridgehead atoms. The van der Waals surface area contributed by atoms with Gasteiger partial charge in [0.2, 0.25) is 0 Å². The molecule has 16 heavy (non-hydrogen) atoms. The highest BCUT2D eigenvalue weighted by molar-refractivity contribution is 5.12. The summed E-state index contributed by atoms with van der Waals surface area (Å²) in [4.78, 5) is 0. The van der Waals surface area contributed by atoms with Gasteiger partial charge in [-0.15, -0.1) is 6.42 Å². The molecule has 0 aliphatic carbocycles. The van der Waals surface area contributed by atoms with E-state index < -0.39 is 0 Å². The van der Waals surface area contributed by atoms with Crippen molar-refractivity contribution in [3.63, 3.8) is 0 Å². The molecule has 1 nitrogen and oxygen atoms in total. The van der Waals surface area contributed by atoms with E-state index in [1.165, 1.54) is 5.57 Å². The molecule has 0 radical (unpaired) electrons. The Bertz CT molecular complexity index is 276. The zero-order valence-electron chi connectivity index (χ0n) is 11.2. The van der Waals surface area contributed by atoms with Crippen molar-refractivity contribution in [1.82, 2.24) is 5.32 Å². The van der Waals surface area contributed by atoms with Crippen molar-refractivity contribution in [2.75, 3.05) is 6.54 Å². The topological polar surface area (TPSA) is 12.0 Å². The van der Waals surface area contributed by atoms with E-state index in [9.17, 15) is 0 Å². The van der Waals surface area contributed by atoms with Gasteiger partial charge in [-0.05, 0) is 18.8 Å². The average Bonchev–Trinajstić information content (AvgIpc) is 2.22. The lowest BCUT2D eigenvalue weighted by atomic mass is 10.0. The normalized spacial score (nSPS) is 14.8. The number of nitrogens with one attached hydrogen (secondary N) is 1. The maximum Gasteiger partial charge on any atom is 0.0712 e. The van der Waals surface area contributed by atoms with E-state index in [1.54, 1.807) is 0 Å². The Hall–Kier alpha value is -1.00. The highest BCUT2D eigenvalue weighted by Gasteiger charge is 2.06. The molecule has 0 aliphatic heterocycles. The van der Waals surface area contributed by atoms with Gasteiger partial charge < -0.3 is 0 Å². The molecular weight excluding hydrogens is 194 g/mol. The van der Waals surface area contributed by atoms with Gasteiger partial charge in [-0.1, -0.05) is 57.4 Å². The lowest BCUT2D eigenvalue weighted by molar-refractivity contribution is 0.497. The SMILES string of the molecule is C#CC(NC/C=C\C=C(/C)C(C)C)C(C)C. The van der Waals surface area contributed by atoms with Gasteiger partial charge in [-0.3, -0.25) is 5.32 Å². The van der Waals surface area contributed by atoms with Crippen LogP contribution in [-0.4, -0.2) is 12.6 Å². The lowest BCUT2D eigenvalue weighted by Crippen LogP contribution is -2.32. The summed E-state index contributed by atoms with van der Waals surface area (Å²) >= 11 is 0. The maximum absolute atomic E-state index is 5.43. The molecule has 90 valence electrons. The number of allylic oxidation sites excluding steroid dienone is 3. The fraction of sp³-hybridized carbons (Fsp3) is 0.600. The van der Waals surface area contributed by atoms with Gasteiger partial charge in [0.15, 0.2) is 0 Å². The highest BCUT2D eigenvalue weighted by Crippen LogP contribution is 2.07. The van der Waals surface area contributed by atoms with Crippen LogP contribution in [0.25, 0.3) is 0 Å². The van der Waals surface area contributed by atoms with Gasteiger partial charge >= 0.3 is 0 Å². The third-order valence-electron chi connectivity index (χ3n) is 2.71. The number of rotatable bonds is 6. The van der Waals surface area contributed by atoms with Crippen LogP contribution in [0.15, 0.2) is 23.8 Å². The van der Waals surface area contributed by atoms with Crippen LogP contribution in [0.1, 0.15) is 34.6 Å². The summed E-state index contributed by atoms with van der Waals surface area (Å²) in [5.74, 6) is 3.85. The van der Waals surface area contributed by atoms with Gasteiger partial charge in [0.05, 0.1) is 6.04 Å². The summed E-state index contributed by atoms with van der Waals surface area (Å²) in [6, 6.07) is 0.167. The van der Waals surface area contributed by atoms with Crippen LogP contribution < -0.4 is 5.32 Å². The minimum Gasteiger partial charge on any atom is -0.300 e. The van der Waals surface area contributed by atoms with E-state index in [-0.39, 0.29) is 6.04 Å². The summed E-state index contributed by atoms with van der Waals surface area (Å²) in [6.45, 7) is 11.6. The van der Waals surface area contributed by atoms with E-state index in [0.29, 0.717) is 11.8 Å². The summed E-state index contributed by atoms with van der Waals surface area (Å²) in [5, 5.41) is 3.32. The molecule has 0 fully saturated rings. The molecule has 1 heteroatoms. The quantitative estimate of drug-likeness (QED) is 0.533. The Labute approximate surface area is 101 Å². The summed E-state index contributed by atoms with van der Waals surface area (Å²) in [5.41, 5.74) is 1.40. The van der Waals surface area contributed by atoms with Crippen molar-refractivity contribution in [1.29, 1.82) is 0 Å². The maximum atomic E-state index is 5.43. The van der Waals surface area contributed by atoms with E-state index in [2.05, 4.69) is 64.1 Å². The molecule has 0 aromatic heterocycles. The Morgan fingerprint density at radius 1 is 1.31 bits per heavy atom. The molecule has 0 aromatic rings. The first-order valence-corrected chi connectivity index (χ1v) is 6.01. The third kappa shape index (κ3) is 6.48. The van der Waals surface area contributed by atoms with Crippen molar-refractivity contribution < 1.29 is 0 Å². The van der Waals surface area contributed by atoms with Crippen molar-refractivity contribution in [2.24, 2.45) is 11.8 Å². The van der Waals surface area contributed by atoms with Gasteiger partial charge in [0.25, 0.3) is 0 Å². The molecule has 0 saturated carbocycles. The lowest BCUT2D eigenvalue weighted by Gasteiger charge is -2.14. The molecule has 0 aromatic carbocycles. The van der Waals surface area contributed by atoms with Crippen molar-refractivity contribution in [3.8, 4) is 12.3 Å². The predicted octanol–water partition coefficient (Wildman–Crippen LogP) is 3.39. The molecule has 0 rings (SSSR count). The summed E-state index contributed by atoms with van der Waals surface area (Å²) < 4.78 is 0. The molecule has 0 aliphatic rings. The fourth-order valence-electron chi connectivity index (χ4n) is 1.16. The predicted molar refractivity (Wildman–Crippen MR) is 73.2 cm³/mol. The molecular formula is C15H25N. The van der Waals surface area contributed by atoms with Crippen molar-refractivity contribution in [2.45, 2.75) is 40.7 Å². The second kappa shape index (κ2) is 8.19. The first-order chi connectivity index (χ1) is 7.49. The van der Waals surface area contributed by atoms with Gasteiger partial charge in [-0.25, -0.2) is 0 Å². The third-order valence-corrected chi connectivity index (χ3v) is 2.71. The molecule has 0 amide bonds. The number of hydrogen-bond acceptors (Lipinski definition) is 1. The van der Waals surface area contributed by atoms with Crippen LogP contribution in [0.5, 0.6) is 0 Å². The zero-order chi connectivity index (χ0) is 12.6. The van der Waals surface area contributed by atoms with Crippen LogP contribution in [0, 0.1) is 24.2 Å². The number of hydrogen-bond donors (Lipinski definition) is 1. The molecule has 1 unspecified atom stereocenters. The van der Waals surface area contributed by atoms with Gasteiger partial charge in [-0.2, -0.15) is 0 Å². The zero-order valence-corrected chi connectivity index (χ0v) is 11.2. The minimum atomic E-state index is 0.167. The molecule has 0 saturated heterocycles. The van der Waals surface area contributed by atoms with E-state index in [4.69, 9.17) is 6.42 Å². The highest BCUT2D eigenvalue weighted by atomic mass is 14.9. The molecule has 1 N–H and O–H groups in total. The molecule has 0 heterocycles. The summed E-state index contributed by atoms with van der Waals surface area (Å²) in [6.07, 6.45) is 11.8.